The molecular weight excluding hydrogens is 340 g/mol. The Kier molecular flexibility index (Phi) is 4.60. The Balaban J connectivity index is 1.50. The number of nitrogens with zero attached hydrogens (tertiary/aromatic N) is 4. The van der Waals surface area contributed by atoms with E-state index in [2.05, 4.69) is 47.8 Å². The quantitative estimate of drug-likeness (QED) is 0.833. The Labute approximate surface area is 160 Å². The van der Waals surface area contributed by atoms with Crippen molar-refractivity contribution in [3.8, 4) is 5.75 Å². The van der Waals surface area contributed by atoms with Gasteiger partial charge in [-0.25, -0.2) is 4.98 Å². The Bertz CT molecular complexity index is 855. The van der Waals surface area contributed by atoms with Crippen LogP contribution in [-0.2, 0) is 0 Å². The van der Waals surface area contributed by atoms with Gasteiger partial charge in [0.05, 0.1) is 13.3 Å². The Morgan fingerprint density at radius 3 is 2.63 bits per heavy atom. The highest BCUT2D eigenvalue weighted by Crippen LogP contribution is 2.39. The summed E-state index contributed by atoms with van der Waals surface area (Å²) in [4.78, 5) is 25.5. The molecule has 6 heteroatoms. The molecule has 0 aliphatic carbocycles. The zero-order valence-electron chi connectivity index (χ0n) is 16.3. The fourth-order valence-corrected chi connectivity index (χ4v) is 4.65. The normalized spacial score (nSPS) is 22.9. The molecule has 0 saturated carbocycles. The van der Waals surface area contributed by atoms with Crippen LogP contribution in [0.5, 0.6) is 5.75 Å². The smallest absolute Gasteiger partial charge is 0.274 e. The molecule has 4 rings (SSSR count). The number of likely N-dealkylation sites (tertiary alicyclic amines) is 2. The first-order valence-corrected chi connectivity index (χ1v) is 9.48. The molecule has 0 unspecified atom stereocenters. The number of methoxy groups -OCH3 is 1. The highest BCUT2D eigenvalue weighted by Gasteiger charge is 2.47. The van der Waals surface area contributed by atoms with Crippen molar-refractivity contribution in [1.82, 2.24) is 19.8 Å². The Morgan fingerprint density at radius 2 is 2.00 bits per heavy atom. The molecular formula is C21H26N4O2. The SMILES string of the molecule is COc1ccc([C@H](C)N2C[C@H]3C[C@@H]2CN3C(=O)c2cnccn2)c(C)c1C. The molecule has 1 aromatic carbocycles. The van der Waals surface area contributed by atoms with Gasteiger partial charge in [-0.1, -0.05) is 6.07 Å². The molecule has 2 fully saturated rings. The van der Waals surface area contributed by atoms with Gasteiger partial charge in [0.25, 0.3) is 5.91 Å². The maximum absolute atomic E-state index is 12.7. The van der Waals surface area contributed by atoms with Crippen LogP contribution in [0, 0.1) is 13.8 Å². The lowest BCUT2D eigenvalue weighted by Gasteiger charge is -2.38. The third kappa shape index (κ3) is 2.98. The number of benzene rings is 1. The summed E-state index contributed by atoms with van der Waals surface area (Å²) in [6.45, 7) is 8.22. The molecule has 27 heavy (non-hydrogen) atoms. The minimum Gasteiger partial charge on any atom is -0.496 e. The second kappa shape index (κ2) is 6.93. The van der Waals surface area contributed by atoms with Crippen molar-refractivity contribution in [1.29, 1.82) is 0 Å². The van der Waals surface area contributed by atoms with Gasteiger partial charge >= 0.3 is 0 Å². The average Bonchev–Trinajstić information content (AvgIpc) is 3.30. The summed E-state index contributed by atoms with van der Waals surface area (Å²) in [6, 6.07) is 5.21. The Hall–Kier alpha value is -2.47. The second-order valence-electron chi connectivity index (χ2n) is 7.57. The Morgan fingerprint density at radius 1 is 1.19 bits per heavy atom. The summed E-state index contributed by atoms with van der Waals surface area (Å²) in [5.41, 5.74) is 4.27. The summed E-state index contributed by atoms with van der Waals surface area (Å²) >= 11 is 0. The van der Waals surface area contributed by atoms with Gasteiger partial charge in [0.15, 0.2) is 0 Å². The van der Waals surface area contributed by atoms with Gasteiger partial charge < -0.3 is 9.64 Å². The van der Waals surface area contributed by atoms with E-state index >= 15 is 0 Å². The molecule has 2 saturated heterocycles. The summed E-state index contributed by atoms with van der Waals surface area (Å²) in [5, 5.41) is 0. The third-order valence-corrected chi connectivity index (χ3v) is 6.27. The van der Waals surface area contributed by atoms with Gasteiger partial charge in [0.2, 0.25) is 0 Å². The van der Waals surface area contributed by atoms with Crippen LogP contribution in [-0.4, -0.2) is 58.0 Å². The van der Waals surface area contributed by atoms with Crippen LogP contribution in [0.2, 0.25) is 0 Å². The molecule has 2 aliphatic heterocycles. The van der Waals surface area contributed by atoms with E-state index in [9.17, 15) is 4.79 Å². The zero-order valence-corrected chi connectivity index (χ0v) is 16.3. The number of aromatic nitrogens is 2. The zero-order chi connectivity index (χ0) is 19.1. The van der Waals surface area contributed by atoms with Gasteiger partial charge in [-0.05, 0) is 49.9 Å². The van der Waals surface area contributed by atoms with Gasteiger partial charge in [0.1, 0.15) is 11.4 Å². The predicted molar refractivity (Wildman–Crippen MR) is 103 cm³/mol. The van der Waals surface area contributed by atoms with E-state index in [1.807, 2.05) is 4.90 Å². The number of rotatable bonds is 4. The van der Waals surface area contributed by atoms with E-state index in [1.54, 1.807) is 25.7 Å². The van der Waals surface area contributed by atoms with Gasteiger partial charge in [0, 0.05) is 43.6 Å². The van der Waals surface area contributed by atoms with Crippen molar-refractivity contribution >= 4 is 5.91 Å². The fraction of sp³-hybridized carbons (Fsp3) is 0.476. The number of hydrogen-bond donors (Lipinski definition) is 0. The van der Waals surface area contributed by atoms with Gasteiger partial charge in [-0.15, -0.1) is 0 Å². The minimum absolute atomic E-state index is 0.000578. The van der Waals surface area contributed by atoms with Crippen LogP contribution >= 0.6 is 0 Å². The van der Waals surface area contributed by atoms with E-state index < -0.39 is 0 Å². The number of hydrogen-bond acceptors (Lipinski definition) is 5. The molecule has 3 atom stereocenters. The maximum Gasteiger partial charge on any atom is 0.274 e. The van der Waals surface area contributed by atoms with E-state index in [-0.39, 0.29) is 11.9 Å². The third-order valence-electron chi connectivity index (χ3n) is 6.27. The van der Waals surface area contributed by atoms with Crippen LogP contribution < -0.4 is 4.74 Å². The number of fused-ring (bicyclic) bond motifs is 2. The van der Waals surface area contributed by atoms with Crippen molar-refractivity contribution < 1.29 is 9.53 Å². The second-order valence-corrected chi connectivity index (χ2v) is 7.57. The lowest BCUT2D eigenvalue weighted by molar-refractivity contribution is 0.0563. The highest BCUT2D eigenvalue weighted by atomic mass is 16.5. The van der Waals surface area contributed by atoms with Crippen molar-refractivity contribution in [3.63, 3.8) is 0 Å². The first-order chi connectivity index (χ1) is 13.0. The lowest BCUT2D eigenvalue weighted by Crippen LogP contribution is -2.49. The van der Waals surface area contributed by atoms with Crippen LogP contribution in [0.25, 0.3) is 0 Å². The van der Waals surface area contributed by atoms with Crippen LogP contribution in [0.4, 0.5) is 0 Å². The molecule has 1 amide bonds. The number of piperazine rings is 1. The largest absolute Gasteiger partial charge is 0.496 e. The van der Waals surface area contributed by atoms with Gasteiger partial charge in [-0.3, -0.25) is 14.7 Å². The molecule has 0 spiro atoms. The predicted octanol–water partition coefficient (Wildman–Crippen LogP) is 2.76. The standard InChI is InChI=1S/C21H26N4O2/c1-13-14(2)20(27-4)6-5-18(13)15(3)24-11-17-9-16(24)12-25(17)21(26)19-10-22-7-8-23-19/h5-8,10,15-17H,9,11-12H2,1-4H3/t15-,16+,17+/m0/s1. The maximum atomic E-state index is 12.7. The fourth-order valence-electron chi connectivity index (χ4n) is 4.65. The molecule has 2 aliphatic rings. The first kappa shape index (κ1) is 17.9. The monoisotopic (exact) mass is 366 g/mol. The topological polar surface area (TPSA) is 58.6 Å². The van der Waals surface area contributed by atoms with Crippen LogP contribution in [0.15, 0.2) is 30.7 Å². The number of amides is 1. The summed E-state index contributed by atoms with van der Waals surface area (Å²) in [6.07, 6.45) is 5.75. The van der Waals surface area contributed by atoms with Crippen molar-refractivity contribution in [2.75, 3.05) is 20.2 Å². The molecule has 2 bridgehead atoms. The first-order valence-electron chi connectivity index (χ1n) is 9.48. The van der Waals surface area contributed by atoms with E-state index in [0.29, 0.717) is 17.8 Å². The molecule has 0 N–H and O–H groups in total. The van der Waals surface area contributed by atoms with Gasteiger partial charge in [-0.2, -0.15) is 0 Å². The number of carbonyl (C=O) groups excluding carboxylic acids is 1. The molecule has 2 aromatic rings. The van der Waals surface area contributed by atoms with Crippen LogP contribution in [0.1, 0.15) is 46.6 Å². The van der Waals surface area contributed by atoms with Crippen molar-refractivity contribution in [2.24, 2.45) is 0 Å². The lowest BCUT2D eigenvalue weighted by atomic mass is 9.96. The summed E-state index contributed by atoms with van der Waals surface area (Å²) < 4.78 is 5.45. The van der Waals surface area contributed by atoms with E-state index in [0.717, 1.165) is 25.3 Å². The van der Waals surface area contributed by atoms with E-state index in [1.165, 1.54) is 16.7 Å². The number of carbonyl (C=O) groups is 1. The molecule has 1 aromatic heterocycles. The number of ether oxygens (including phenoxy) is 1. The van der Waals surface area contributed by atoms with Crippen molar-refractivity contribution in [3.05, 3.63) is 53.1 Å². The van der Waals surface area contributed by atoms with Crippen LogP contribution in [0.3, 0.4) is 0 Å². The van der Waals surface area contributed by atoms with E-state index in [4.69, 9.17) is 4.74 Å². The average molecular weight is 366 g/mol. The van der Waals surface area contributed by atoms with Crippen molar-refractivity contribution in [2.45, 2.75) is 45.3 Å². The molecule has 6 nitrogen and oxygen atoms in total. The summed E-state index contributed by atoms with van der Waals surface area (Å²) in [7, 11) is 1.72. The molecule has 3 heterocycles. The summed E-state index contributed by atoms with van der Waals surface area (Å²) in [5.74, 6) is 0.937. The highest BCUT2D eigenvalue weighted by molar-refractivity contribution is 5.92. The molecule has 0 radical (unpaired) electrons. The minimum atomic E-state index is -0.000578. The molecule has 142 valence electrons.